The molecule has 1 fully saturated rings. The zero-order valence-corrected chi connectivity index (χ0v) is 21.8. The maximum Gasteiger partial charge on any atom is 0.256 e. The van der Waals surface area contributed by atoms with Gasteiger partial charge in [0.05, 0.1) is 12.5 Å². The van der Waals surface area contributed by atoms with Crippen LogP contribution in [0.25, 0.3) is 22.3 Å². The lowest BCUT2D eigenvalue weighted by Gasteiger charge is -2.35. The van der Waals surface area contributed by atoms with E-state index in [9.17, 15) is 4.79 Å². The van der Waals surface area contributed by atoms with Crippen LogP contribution in [0, 0.1) is 0 Å². The van der Waals surface area contributed by atoms with E-state index in [0.29, 0.717) is 5.82 Å². The van der Waals surface area contributed by atoms with Crippen molar-refractivity contribution in [3.63, 3.8) is 0 Å². The number of anilines is 2. The Morgan fingerprint density at radius 1 is 0.923 bits per heavy atom. The van der Waals surface area contributed by atoms with Gasteiger partial charge in [-0.2, -0.15) is 0 Å². The Bertz CT molecular complexity index is 1680. The Balaban J connectivity index is 0.986. The number of aryl methyl sites for hydroxylation is 1. The van der Waals surface area contributed by atoms with Gasteiger partial charge in [0, 0.05) is 62.6 Å². The third-order valence-electron chi connectivity index (χ3n) is 7.83. The topological polar surface area (TPSA) is 79.2 Å². The van der Waals surface area contributed by atoms with Crippen molar-refractivity contribution in [2.75, 3.05) is 36.4 Å². The molecule has 0 aliphatic carbocycles. The molecule has 0 saturated carbocycles. The molecule has 39 heavy (non-hydrogen) atoms. The quantitative estimate of drug-likeness (QED) is 0.359. The van der Waals surface area contributed by atoms with E-state index in [0.717, 1.165) is 72.7 Å². The van der Waals surface area contributed by atoms with E-state index in [-0.39, 0.29) is 5.91 Å². The molecule has 4 heterocycles. The monoisotopic (exact) mass is 515 g/mol. The van der Waals surface area contributed by atoms with Gasteiger partial charge >= 0.3 is 0 Å². The Morgan fingerprint density at radius 2 is 1.74 bits per heavy atom. The van der Waals surface area contributed by atoms with E-state index in [1.165, 1.54) is 16.7 Å². The normalized spacial score (nSPS) is 15.2. The minimum atomic E-state index is -0.00982. The van der Waals surface area contributed by atoms with E-state index >= 15 is 0 Å². The molecule has 0 bridgehead atoms. The van der Waals surface area contributed by atoms with E-state index in [1.807, 2.05) is 42.1 Å². The highest BCUT2D eigenvalue weighted by Crippen LogP contribution is 2.35. The predicted octanol–water partition coefficient (Wildman–Crippen LogP) is 4.51. The van der Waals surface area contributed by atoms with Crippen molar-refractivity contribution >= 4 is 28.2 Å². The van der Waals surface area contributed by atoms with E-state index < -0.39 is 0 Å². The van der Waals surface area contributed by atoms with Crippen molar-refractivity contribution in [3.05, 3.63) is 102 Å². The summed E-state index contributed by atoms with van der Waals surface area (Å²) >= 11 is 0. The van der Waals surface area contributed by atoms with Crippen LogP contribution in [0.1, 0.15) is 27.0 Å². The number of carbonyl (C=O) groups excluding carboxylic acids is 1. The predicted molar refractivity (Wildman–Crippen MR) is 153 cm³/mol. The summed E-state index contributed by atoms with van der Waals surface area (Å²) in [4.78, 5) is 30.5. The molecule has 0 spiro atoms. The summed E-state index contributed by atoms with van der Waals surface area (Å²) in [7, 11) is 1.96. The number of carbonyl (C=O) groups is 1. The van der Waals surface area contributed by atoms with Crippen molar-refractivity contribution in [3.8, 4) is 11.5 Å². The van der Waals surface area contributed by atoms with Gasteiger partial charge in [-0.1, -0.05) is 42.5 Å². The summed E-state index contributed by atoms with van der Waals surface area (Å²) in [5, 5.41) is 5.18. The fourth-order valence-electron chi connectivity index (χ4n) is 5.70. The molecule has 0 radical (unpaired) electrons. The first-order valence-electron chi connectivity index (χ1n) is 13.3. The average molecular weight is 516 g/mol. The third kappa shape index (κ3) is 4.42. The number of hydrogen-bond acceptors (Lipinski definition) is 6. The van der Waals surface area contributed by atoms with Crippen molar-refractivity contribution in [1.82, 2.24) is 24.4 Å². The number of hydrogen-bond donors (Lipinski definition) is 1. The second-order valence-electron chi connectivity index (χ2n) is 10.3. The summed E-state index contributed by atoms with van der Waals surface area (Å²) in [6.07, 6.45) is 6.24. The molecule has 3 aromatic carbocycles. The van der Waals surface area contributed by atoms with Crippen LogP contribution in [-0.2, 0) is 20.0 Å². The number of benzene rings is 3. The van der Waals surface area contributed by atoms with Crippen LogP contribution in [0.3, 0.4) is 0 Å². The van der Waals surface area contributed by atoms with Crippen molar-refractivity contribution in [2.45, 2.75) is 13.0 Å². The molecule has 0 unspecified atom stereocenters. The molecule has 8 nitrogen and oxygen atoms in total. The zero-order valence-electron chi connectivity index (χ0n) is 21.8. The molecule has 5 aromatic rings. The van der Waals surface area contributed by atoms with Gasteiger partial charge < -0.3 is 14.8 Å². The number of piperazine rings is 1. The van der Waals surface area contributed by atoms with Crippen LogP contribution in [0.15, 0.2) is 79.4 Å². The first-order chi connectivity index (χ1) is 19.1. The van der Waals surface area contributed by atoms with Gasteiger partial charge in [0.25, 0.3) is 5.91 Å². The highest BCUT2D eigenvalue weighted by atomic mass is 16.1. The molecule has 194 valence electrons. The number of imidazole rings is 1. The lowest BCUT2D eigenvalue weighted by atomic mass is 9.95. The van der Waals surface area contributed by atoms with Gasteiger partial charge in [0.1, 0.15) is 11.5 Å². The molecule has 1 saturated heterocycles. The molecule has 2 aromatic heterocycles. The fourth-order valence-corrected chi connectivity index (χ4v) is 5.70. The Hall–Kier alpha value is -4.56. The molecule has 1 amide bonds. The molecular weight excluding hydrogens is 486 g/mol. The first kappa shape index (κ1) is 23.5. The smallest absolute Gasteiger partial charge is 0.256 e. The van der Waals surface area contributed by atoms with Gasteiger partial charge in [0.15, 0.2) is 5.82 Å². The largest absolute Gasteiger partial charge is 0.354 e. The summed E-state index contributed by atoms with van der Waals surface area (Å²) in [5.74, 6) is 1.66. The van der Waals surface area contributed by atoms with E-state index in [2.05, 4.69) is 61.5 Å². The van der Waals surface area contributed by atoms with Crippen LogP contribution in [-0.4, -0.2) is 56.5 Å². The van der Waals surface area contributed by atoms with Gasteiger partial charge in [0.2, 0.25) is 0 Å². The Kier molecular flexibility index (Phi) is 5.82. The first-order valence-corrected chi connectivity index (χ1v) is 13.3. The standard InChI is InChI=1S/C31H29N7O/c1-36-20-32-18-27(36)30-33-12-11-28(35-30)38-15-13-37(14-16-38)19-22-7-5-21(6-8-22)17-23-9-10-26-29-24(23)3-2-4-25(29)31(39)34-26/h2-12,18,20H,13-17,19H2,1H3,(H,34,39). The van der Waals surface area contributed by atoms with Crippen LogP contribution >= 0.6 is 0 Å². The minimum absolute atomic E-state index is 0.00982. The molecule has 2 aliphatic rings. The number of amides is 1. The molecule has 1 N–H and O–H groups in total. The van der Waals surface area contributed by atoms with Crippen molar-refractivity contribution in [2.24, 2.45) is 7.05 Å². The van der Waals surface area contributed by atoms with Crippen LogP contribution in [0.4, 0.5) is 11.5 Å². The van der Waals surface area contributed by atoms with Gasteiger partial charge in [-0.15, -0.1) is 0 Å². The number of nitrogens with one attached hydrogen (secondary N) is 1. The SMILES string of the molecule is Cn1cncc1-c1nccc(N2CCN(Cc3ccc(Cc4ccc5c6c(cccc46)C(=O)N5)cc3)CC2)n1. The maximum atomic E-state index is 12.2. The molecule has 7 rings (SSSR count). The second-order valence-corrected chi connectivity index (χ2v) is 10.3. The summed E-state index contributed by atoms with van der Waals surface area (Å²) in [6, 6.07) is 21.1. The maximum absolute atomic E-state index is 12.2. The van der Waals surface area contributed by atoms with E-state index in [1.54, 1.807) is 12.5 Å². The average Bonchev–Trinajstić information content (AvgIpc) is 3.55. The summed E-state index contributed by atoms with van der Waals surface area (Å²) in [5.41, 5.74) is 6.44. The number of nitrogens with zero attached hydrogens (tertiary/aromatic N) is 6. The Labute approximate surface area is 227 Å². The summed E-state index contributed by atoms with van der Waals surface area (Å²) < 4.78 is 1.94. The number of rotatable bonds is 6. The third-order valence-corrected chi connectivity index (χ3v) is 7.83. The molecule has 2 aliphatic heterocycles. The minimum Gasteiger partial charge on any atom is -0.354 e. The molecule has 8 heteroatoms. The van der Waals surface area contributed by atoms with Crippen molar-refractivity contribution < 1.29 is 4.79 Å². The van der Waals surface area contributed by atoms with Crippen LogP contribution in [0.2, 0.25) is 0 Å². The molecular formula is C31H29N7O. The van der Waals surface area contributed by atoms with E-state index in [4.69, 9.17) is 4.98 Å². The highest BCUT2D eigenvalue weighted by Gasteiger charge is 2.22. The molecule has 0 atom stereocenters. The fraction of sp³-hybridized carbons (Fsp3) is 0.226. The van der Waals surface area contributed by atoms with Crippen LogP contribution in [0.5, 0.6) is 0 Å². The second kappa shape index (κ2) is 9.63. The Morgan fingerprint density at radius 3 is 2.54 bits per heavy atom. The highest BCUT2D eigenvalue weighted by molar-refractivity contribution is 6.24. The zero-order chi connectivity index (χ0) is 26.3. The van der Waals surface area contributed by atoms with Gasteiger partial charge in [-0.05, 0) is 46.7 Å². The van der Waals surface area contributed by atoms with Gasteiger partial charge in [-0.3, -0.25) is 9.69 Å². The number of aromatic nitrogens is 4. The van der Waals surface area contributed by atoms with Crippen LogP contribution < -0.4 is 10.2 Å². The van der Waals surface area contributed by atoms with Crippen molar-refractivity contribution in [1.29, 1.82) is 0 Å². The summed E-state index contributed by atoms with van der Waals surface area (Å²) in [6.45, 7) is 4.78. The van der Waals surface area contributed by atoms with Gasteiger partial charge in [-0.25, -0.2) is 15.0 Å². The lowest BCUT2D eigenvalue weighted by molar-refractivity contribution is 0.103. The lowest BCUT2D eigenvalue weighted by Crippen LogP contribution is -2.46.